The molecule has 0 amide bonds. The summed E-state index contributed by atoms with van der Waals surface area (Å²) >= 11 is 1.81. The van der Waals surface area contributed by atoms with E-state index in [1.807, 2.05) is 4.68 Å². The zero-order valence-electron chi connectivity index (χ0n) is 12.5. The van der Waals surface area contributed by atoms with Gasteiger partial charge in [0, 0.05) is 30.4 Å². The smallest absolute Gasteiger partial charge is 0.271 e. The number of fused-ring (bicyclic) bond motifs is 1. The van der Waals surface area contributed by atoms with Gasteiger partial charge in [0.05, 0.1) is 28.1 Å². The number of hydrogen-bond acceptors (Lipinski definition) is 4. The average Bonchev–Trinajstić information content (AvgIpc) is 3.27. The van der Waals surface area contributed by atoms with Gasteiger partial charge >= 0.3 is 0 Å². The molecule has 3 heterocycles. The van der Waals surface area contributed by atoms with E-state index in [1.165, 1.54) is 28.7 Å². The van der Waals surface area contributed by atoms with Crippen LogP contribution in [0.2, 0.25) is 0 Å². The van der Waals surface area contributed by atoms with Crippen molar-refractivity contribution in [2.24, 2.45) is 0 Å². The first-order valence-corrected chi connectivity index (χ1v) is 8.58. The van der Waals surface area contributed by atoms with Crippen LogP contribution < -0.4 is 4.90 Å². The Morgan fingerprint density at radius 1 is 1.43 bits per heavy atom. The van der Waals surface area contributed by atoms with E-state index in [0.717, 1.165) is 24.1 Å². The summed E-state index contributed by atoms with van der Waals surface area (Å²) in [4.78, 5) is 13.5. The maximum absolute atomic E-state index is 11.0. The largest absolute Gasteiger partial charge is 0.310 e. The molecule has 3 aromatic rings. The molecule has 6 nitrogen and oxygen atoms in total. The van der Waals surface area contributed by atoms with E-state index in [4.69, 9.17) is 0 Å². The minimum atomic E-state index is -0.353. The van der Waals surface area contributed by atoms with Crippen molar-refractivity contribution in [3.05, 3.63) is 56.9 Å². The number of nitro groups is 1. The lowest BCUT2D eigenvalue weighted by Gasteiger charge is -2.20. The molecule has 1 N–H and O–H groups in total. The molecule has 0 spiro atoms. The van der Waals surface area contributed by atoms with Crippen LogP contribution in [0.4, 0.5) is 5.69 Å². The van der Waals surface area contributed by atoms with Crippen LogP contribution in [0.1, 0.15) is 23.8 Å². The molecule has 2 atom stereocenters. The van der Waals surface area contributed by atoms with Gasteiger partial charge in [-0.3, -0.25) is 10.1 Å². The average molecular weight is 329 g/mol. The molecule has 0 aliphatic carbocycles. The number of quaternary nitrogens is 1. The lowest BCUT2D eigenvalue weighted by molar-refractivity contribution is -0.940. The molecule has 0 radical (unpaired) electrons. The van der Waals surface area contributed by atoms with E-state index in [2.05, 4.69) is 22.6 Å². The molecule has 1 aliphatic heterocycles. The van der Waals surface area contributed by atoms with E-state index in [9.17, 15) is 10.1 Å². The van der Waals surface area contributed by atoms with Gasteiger partial charge < -0.3 is 4.90 Å². The van der Waals surface area contributed by atoms with Gasteiger partial charge in [0.25, 0.3) is 5.69 Å². The van der Waals surface area contributed by atoms with E-state index in [-0.39, 0.29) is 10.6 Å². The first-order chi connectivity index (χ1) is 11.2. The van der Waals surface area contributed by atoms with Gasteiger partial charge in [0.1, 0.15) is 6.04 Å². The Kier molecular flexibility index (Phi) is 3.59. The minimum Gasteiger partial charge on any atom is -0.310 e. The van der Waals surface area contributed by atoms with Crippen molar-refractivity contribution in [1.82, 2.24) is 9.78 Å². The highest BCUT2D eigenvalue weighted by molar-refractivity contribution is 7.10. The zero-order chi connectivity index (χ0) is 15.8. The summed E-state index contributed by atoms with van der Waals surface area (Å²) in [5, 5.41) is 18.5. The summed E-state index contributed by atoms with van der Waals surface area (Å²) in [7, 11) is 0. The molecule has 118 valence electrons. The van der Waals surface area contributed by atoms with Crippen molar-refractivity contribution >= 4 is 27.9 Å². The van der Waals surface area contributed by atoms with Gasteiger partial charge in [-0.05, 0) is 17.5 Å². The van der Waals surface area contributed by atoms with Gasteiger partial charge in [-0.1, -0.05) is 6.07 Å². The van der Waals surface area contributed by atoms with Crippen LogP contribution in [0.3, 0.4) is 0 Å². The second-order valence-electron chi connectivity index (χ2n) is 5.92. The number of nitrogens with one attached hydrogen (secondary N) is 1. The third-order valence-electron chi connectivity index (χ3n) is 4.56. The highest BCUT2D eigenvalue weighted by Crippen LogP contribution is 2.24. The quantitative estimate of drug-likeness (QED) is 0.590. The number of non-ortho nitro benzene ring substituents is 1. The second kappa shape index (κ2) is 5.75. The van der Waals surface area contributed by atoms with E-state index < -0.39 is 0 Å². The summed E-state index contributed by atoms with van der Waals surface area (Å²) in [6.07, 6.45) is 4.18. The summed E-state index contributed by atoms with van der Waals surface area (Å²) in [6, 6.07) is 9.74. The number of likely N-dealkylation sites (tertiary alicyclic amines) is 1. The Balaban J connectivity index is 1.64. The van der Waals surface area contributed by atoms with Crippen LogP contribution in [-0.2, 0) is 6.67 Å². The molecule has 1 aliphatic rings. The summed E-state index contributed by atoms with van der Waals surface area (Å²) in [6.45, 7) is 1.85. The molecule has 1 fully saturated rings. The van der Waals surface area contributed by atoms with Gasteiger partial charge in [0.2, 0.25) is 0 Å². The summed E-state index contributed by atoms with van der Waals surface area (Å²) < 4.78 is 1.91. The number of benzene rings is 1. The van der Waals surface area contributed by atoms with Crippen molar-refractivity contribution in [1.29, 1.82) is 0 Å². The van der Waals surface area contributed by atoms with E-state index in [1.54, 1.807) is 29.7 Å². The summed E-state index contributed by atoms with van der Waals surface area (Å²) in [5.41, 5.74) is 0.953. The van der Waals surface area contributed by atoms with Crippen LogP contribution in [0.25, 0.3) is 10.9 Å². The Hall–Kier alpha value is -2.25. The molecular weight excluding hydrogens is 312 g/mol. The van der Waals surface area contributed by atoms with Gasteiger partial charge in [-0.15, -0.1) is 11.3 Å². The number of nitro benzene ring substituents is 1. The molecule has 1 saturated heterocycles. The van der Waals surface area contributed by atoms with Crippen LogP contribution in [0.5, 0.6) is 0 Å². The fourth-order valence-electron chi connectivity index (χ4n) is 3.42. The van der Waals surface area contributed by atoms with Crippen molar-refractivity contribution < 1.29 is 9.82 Å². The lowest BCUT2D eigenvalue weighted by atomic mass is 10.2. The molecule has 23 heavy (non-hydrogen) atoms. The maximum Gasteiger partial charge on any atom is 0.271 e. The third kappa shape index (κ3) is 2.62. The summed E-state index contributed by atoms with van der Waals surface area (Å²) in [5.74, 6) is 0. The molecule has 1 aromatic carbocycles. The predicted molar refractivity (Wildman–Crippen MR) is 88.5 cm³/mol. The number of nitrogens with zero attached hydrogens (tertiary/aromatic N) is 3. The first-order valence-electron chi connectivity index (χ1n) is 7.70. The standard InChI is InChI=1S/C16H16N4O2S/c21-20(22)13-6-5-12-10-17-19(15(12)9-13)11-18-7-1-3-14(18)16-4-2-8-23-16/h2,4-6,8-10,14H,1,3,7,11H2/p+1/t14-/m1/s1. The molecule has 4 rings (SSSR count). The number of thiophene rings is 1. The highest BCUT2D eigenvalue weighted by Gasteiger charge is 2.31. The first kappa shape index (κ1) is 14.3. The fraction of sp³-hybridized carbons (Fsp3) is 0.312. The van der Waals surface area contributed by atoms with Crippen molar-refractivity contribution in [3.63, 3.8) is 0 Å². The highest BCUT2D eigenvalue weighted by atomic mass is 32.1. The van der Waals surface area contributed by atoms with Crippen LogP contribution >= 0.6 is 11.3 Å². The zero-order valence-corrected chi connectivity index (χ0v) is 13.3. The Bertz CT molecular complexity index is 843. The molecule has 2 aromatic heterocycles. The Morgan fingerprint density at radius 3 is 3.13 bits per heavy atom. The molecular formula is C16H17N4O2S+. The van der Waals surface area contributed by atoms with Gasteiger partial charge in [-0.25, -0.2) is 4.68 Å². The predicted octanol–water partition coefficient (Wildman–Crippen LogP) is 2.38. The van der Waals surface area contributed by atoms with Crippen LogP contribution in [0.15, 0.2) is 41.9 Å². The van der Waals surface area contributed by atoms with Gasteiger partial charge in [0.15, 0.2) is 6.67 Å². The topological polar surface area (TPSA) is 65.4 Å². The Morgan fingerprint density at radius 2 is 2.35 bits per heavy atom. The van der Waals surface area contributed by atoms with Crippen molar-refractivity contribution in [2.45, 2.75) is 25.6 Å². The molecule has 1 unspecified atom stereocenters. The minimum absolute atomic E-state index is 0.116. The molecule has 0 bridgehead atoms. The lowest BCUT2D eigenvalue weighted by Crippen LogP contribution is -3.09. The van der Waals surface area contributed by atoms with Crippen molar-refractivity contribution in [2.75, 3.05) is 6.54 Å². The number of rotatable bonds is 4. The number of aromatic nitrogens is 2. The number of hydrogen-bond donors (Lipinski definition) is 1. The second-order valence-corrected chi connectivity index (χ2v) is 6.90. The van der Waals surface area contributed by atoms with E-state index >= 15 is 0 Å². The van der Waals surface area contributed by atoms with Crippen LogP contribution in [-0.4, -0.2) is 21.2 Å². The van der Waals surface area contributed by atoms with Gasteiger partial charge in [-0.2, -0.15) is 5.10 Å². The Labute approximate surface area is 137 Å². The van der Waals surface area contributed by atoms with Crippen LogP contribution in [0, 0.1) is 10.1 Å². The van der Waals surface area contributed by atoms with Crippen molar-refractivity contribution in [3.8, 4) is 0 Å². The fourth-order valence-corrected chi connectivity index (χ4v) is 4.34. The van der Waals surface area contributed by atoms with E-state index in [0.29, 0.717) is 6.04 Å². The monoisotopic (exact) mass is 329 g/mol. The molecule has 7 heteroatoms. The third-order valence-corrected chi connectivity index (χ3v) is 5.55. The SMILES string of the molecule is O=[N+]([O-])c1ccc2cnn(C[NH+]3CCC[C@@H]3c3cccs3)c2c1. The normalized spacial score (nSPS) is 21.0. The molecule has 0 saturated carbocycles. The maximum atomic E-state index is 11.0.